The van der Waals surface area contributed by atoms with Crippen molar-refractivity contribution in [2.24, 2.45) is 0 Å². The Morgan fingerprint density at radius 3 is 2.72 bits per heavy atom. The van der Waals surface area contributed by atoms with E-state index >= 15 is 0 Å². The summed E-state index contributed by atoms with van der Waals surface area (Å²) in [5.74, 6) is 1.37. The molecule has 0 radical (unpaired) electrons. The number of carbonyl (C=O) groups excluding carboxylic acids is 1. The van der Waals surface area contributed by atoms with Crippen molar-refractivity contribution in [3.8, 4) is 11.5 Å². The summed E-state index contributed by atoms with van der Waals surface area (Å²) in [6.45, 7) is 1.87. The summed E-state index contributed by atoms with van der Waals surface area (Å²) in [5, 5.41) is 9.06. The van der Waals surface area contributed by atoms with Crippen LogP contribution in [0.15, 0.2) is 42.5 Å². The third-order valence-electron chi connectivity index (χ3n) is 2.64. The topological polar surface area (TPSA) is 46.5 Å². The van der Waals surface area contributed by atoms with E-state index in [1.165, 1.54) is 0 Å². The normalized spacial score (nSPS) is 10.1. The van der Waals surface area contributed by atoms with Crippen LogP contribution >= 0.6 is 0 Å². The van der Waals surface area contributed by atoms with E-state index in [0.29, 0.717) is 17.1 Å². The highest BCUT2D eigenvalue weighted by Crippen LogP contribution is 2.26. The molecule has 1 N–H and O–H groups in total. The van der Waals surface area contributed by atoms with E-state index in [9.17, 15) is 4.79 Å². The van der Waals surface area contributed by atoms with E-state index in [-0.39, 0.29) is 6.61 Å². The van der Waals surface area contributed by atoms with Crippen molar-refractivity contribution in [1.82, 2.24) is 0 Å². The van der Waals surface area contributed by atoms with Gasteiger partial charge in [-0.2, -0.15) is 0 Å². The quantitative estimate of drug-likeness (QED) is 0.838. The van der Waals surface area contributed by atoms with Gasteiger partial charge < -0.3 is 9.84 Å². The fourth-order valence-electron chi connectivity index (χ4n) is 1.69. The Morgan fingerprint density at radius 1 is 1.22 bits per heavy atom. The number of aliphatic hydroxyl groups is 1. The molecule has 3 heteroatoms. The van der Waals surface area contributed by atoms with Gasteiger partial charge in [0.1, 0.15) is 17.8 Å². The summed E-state index contributed by atoms with van der Waals surface area (Å²) in [7, 11) is 0. The summed E-state index contributed by atoms with van der Waals surface area (Å²) in [6, 6.07) is 12.5. The highest BCUT2D eigenvalue weighted by atomic mass is 16.5. The first kappa shape index (κ1) is 12.3. The van der Waals surface area contributed by atoms with Crippen molar-refractivity contribution < 1.29 is 14.6 Å². The minimum atomic E-state index is -0.0136. The molecule has 2 aromatic rings. The van der Waals surface area contributed by atoms with Gasteiger partial charge in [-0.25, -0.2) is 0 Å². The van der Waals surface area contributed by atoms with E-state index in [1.54, 1.807) is 24.3 Å². The molecule has 3 nitrogen and oxygen atoms in total. The number of aliphatic hydroxyl groups excluding tert-OH is 1. The van der Waals surface area contributed by atoms with Gasteiger partial charge in [0.15, 0.2) is 0 Å². The van der Waals surface area contributed by atoms with Crippen molar-refractivity contribution in [2.45, 2.75) is 13.5 Å². The molecule has 0 aromatic heterocycles. The van der Waals surface area contributed by atoms with Gasteiger partial charge in [-0.15, -0.1) is 0 Å². The lowest BCUT2D eigenvalue weighted by Crippen LogP contribution is -1.91. The molecule has 0 saturated carbocycles. The average molecular weight is 242 g/mol. The van der Waals surface area contributed by atoms with Crippen molar-refractivity contribution >= 4 is 6.29 Å². The second kappa shape index (κ2) is 5.47. The Bertz CT molecular complexity index is 561. The molecular weight excluding hydrogens is 228 g/mol. The van der Waals surface area contributed by atoms with Gasteiger partial charge in [0.25, 0.3) is 0 Å². The number of benzene rings is 2. The van der Waals surface area contributed by atoms with Crippen LogP contribution in [-0.4, -0.2) is 11.4 Å². The molecule has 0 unspecified atom stereocenters. The minimum Gasteiger partial charge on any atom is -0.457 e. The predicted octanol–water partition coefficient (Wildman–Crippen LogP) is 3.09. The first-order chi connectivity index (χ1) is 8.72. The van der Waals surface area contributed by atoms with E-state index in [4.69, 9.17) is 9.84 Å². The standard InChI is InChI=1S/C15H14O3/c1-11-7-13(10-17)5-6-15(11)18-14-4-2-3-12(8-14)9-16/h2-8,10,16H,9H2,1H3. The molecule has 0 fully saturated rings. The number of hydrogen-bond donors (Lipinski definition) is 1. The first-order valence-corrected chi connectivity index (χ1v) is 5.66. The lowest BCUT2D eigenvalue weighted by molar-refractivity contribution is 0.112. The fourth-order valence-corrected chi connectivity index (χ4v) is 1.69. The monoisotopic (exact) mass is 242 g/mol. The third-order valence-corrected chi connectivity index (χ3v) is 2.64. The summed E-state index contributed by atoms with van der Waals surface area (Å²) in [4.78, 5) is 10.6. The number of aryl methyl sites for hydroxylation is 1. The zero-order valence-corrected chi connectivity index (χ0v) is 10.1. The Kier molecular flexibility index (Phi) is 3.75. The van der Waals surface area contributed by atoms with Gasteiger partial charge in [0.2, 0.25) is 0 Å². The minimum absolute atomic E-state index is 0.0136. The summed E-state index contributed by atoms with van der Waals surface area (Å²) in [6.07, 6.45) is 0.809. The molecule has 0 aliphatic heterocycles. The zero-order chi connectivity index (χ0) is 13.0. The van der Waals surface area contributed by atoms with Gasteiger partial charge in [0, 0.05) is 5.56 Å². The van der Waals surface area contributed by atoms with Gasteiger partial charge >= 0.3 is 0 Å². The van der Waals surface area contributed by atoms with Gasteiger partial charge in [-0.3, -0.25) is 4.79 Å². The molecule has 2 rings (SSSR count). The zero-order valence-electron chi connectivity index (χ0n) is 10.1. The van der Waals surface area contributed by atoms with Crippen LogP contribution in [0, 0.1) is 6.92 Å². The highest BCUT2D eigenvalue weighted by molar-refractivity contribution is 5.75. The fraction of sp³-hybridized carbons (Fsp3) is 0.133. The number of aldehydes is 1. The number of ether oxygens (including phenoxy) is 1. The number of rotatable bonds is 4. The van der Waals surface area contributed by atoms with Crippen LogP contribution in [0.25, 0.3) is 0 Å². The maximum atomic E-state index is 10.6. The molecule has 0 aliphatic rings. The molecule has 0 saturated heterocycles. The summed E-state index contributed by atoms with van der Waals surface area (Å²) >= 11 is 0. The van der Waals surface area contributed by atoms with Crippen LogP contribution in [0.2, 0.25) is 0 Å². The Hall–Kier alpha value is -2.13. The largest absolute Gasteiger partial charge is 0.457 e. The molecule has 0 amide bonds. The molecule has 92 valence electrons. The predicted molar refractivity (Wildman–Crippen MR) is 69.0 cm³/mol. The van der Waals surface area contributed by atoms with Crippen molar-refractivity contribution in [1.29, 1.82) is 0 Å². The van der Waals surface area contributed by atoms with Crippen LogP contribution in [0.3, 0.4) is 0 Å². The van der Waals surface area contributed by atoms with Gasteiger partial charge in [-0.1, -0.05) is 12.1 Å². The van der Waals surface area contributed by atoms with Crippen molar-refractivity contribution in [3.63, 3.8) is 0 Å². The molecular formula is C15H14O3. The van der Waals surface area contributed by atoms with E-state index in [0.717, 1.165) is 17.4 Å². The average Bonchev–Trinajstić information content (AvgIpc) is 2.41. The van der Waals surface area contributed by atoms with E-state index in [1.807, 2.05) is 25.1 Å². The Balaban J connectivity index is 2.25. The van der Waals surface area contributed by atoms with E-state index in [2.05, 4.69) is 0 Å². The summed E-state index contributed by atoms with van der Waals surface area (Å²) in [5.41, 5.74) is 2.33. The Labute approximate surface area is 106 Å². The lowest BCUT2D eigenvalue weighted by Gasteiger charge is -2.09. The van der Waals surface area contributed by atoms with Crippen molar-refractivity contribution in [2.75, 3.05) is 0 Å². The maximum absolute atomic E-state index is 10.6. The smallest absolute Gasteiger partial charge is 0.150 e. The van der Waals surface area contributed by atoms with Crippen molar-refractivity contribution in [3.05, 3.63) is 59.2 Å². The third kappa shape index (κ3) is 2.76. The summed E-state index contributed by atoms with van der Waals surface area (Å²) < 4.78 is 5.72. The van der Waals surface area contributed by atoms with Crippen LogP contribution in [0.5, 0.6) is 11.5 Å². The highest BCUT2D eigenvalue weighted by Gasteiger charge is 2.03. The van der Waals surface area contributed by atoms with Crippen LogP contribution < -0.4 is 4.74 Å². The molecule has 0 aliphatic carbocycles. The lowest BCUT2D eigenvalue weighted by atomic mass is 10.1. The van der Waals surface area contributed by atoms with E-state index < -0.39 is 0 Å². The number of carbonyl (C=O) groups is 1. The van der Waals surface area contributed by atoms with Crippen LogP contribution in [0.4, 0.5) is 0 Å². The second-order valence-corrected chi connectivity index (χ2v) is 4.05. The maximum Gasteiger partial charge on any atom is 0.150 e. The SMILES string of the molecule is Cc1cc(C=O)ccc1Oc1cccc(CO)c1. The van der Waals surface area contributed by atoms with Crippen LogP contribution in [0.1, 0.15) is 21.5 Å². The molecule has 0 bridgehead atoms. The molecule has 0 atom stereocenters. The van der Waals surface area contributed by atoms with Crippen LogP contribution in [-0.2, 0) is 6.61 Å². The molecule has 0 spiro atoms. The van der Waals surface area contributed by atoms with Gasteiger partial charge in [-0.05, 0) is 48.4 Å². The molecule has 2 aromatic carbocycles. The number of hydrogen-bond acceptors (Lipinski definition) is 3. The van der Waals surface area contributed by atoms with Gasteiger partial charge in [0.05, 0.1) is 6.61 Å². The Morgan fingerprint density at radius 2 is 2.06 bits per heavy atom. The first-order valence-electron chi connectivity index (χ1n) is 5.66. The second-order valence-electron chi connectivity index (χ2n) is 4.05. The molecule has 0 heterocycles. The molecule has 18 heavy (non-hydrogen) atoms.